The van der Waals surface area contributed by atoms with Gasteiger partial charge in [0, 0.05) is 19.6 Å². The number of rotatable bonds is 7. The van der Waals surface area contributed by atoms with Gasteiger partial charge in [-0.2, -0.15) is 4.80 Å². The molecular formula is C16H28N6O2. The molecule has 8 nitrogen and oxygen atoms in total. The van der Waals surface area contributed by atoms with Gasteiger partial charge in [0.15, 0.2) is 11.2 Å². The van der Waals surface area contributed by atoms with E-state index in [4.69, 9.17) is 5.73 Å². The zero-order chi connectivity index (χ0) is 18.1. The molecule has 8 heteroatoms. The molecule has 0 aliphatic carbocycles. The van der Waals surface area contributed by atoms with Crippen LogP contribution in [0.4, 0.5) is 0 Å². The molecule has 2 rings (SSSR count). The van der Waals surface area contributed by atoms with Crippen molar-refractivity contribution in [3.63, 3.8) is 0 Å². The minimum absolute atomic E-state index is 0.230. The third-order valence-electron chi connectivity index (χ3n) is 4.44. The molecule has 1 unspecified atom stereocenters. The Balaban J connectivity index is 2.80. The van der Waals surface area contributed by atoms with E-state index in [1.54, 1.807) is 4.57 Å². The highest BCUT2D eigenvalue weighted by Gasteiger charge is 2.25. The first-order chi connectivity index (χ1) is 11.3. The number of hydrogen-bond acceptors (Lipinski definition) is 5. The molecule has 24 heavy (non-hydrogen) atoms. The third kappa shape index (κ3) is 3.15. The first-order valence-corrected chi connectivity index (χ1v) is 8.58. The van der Waals surface area contributed by atoms with E-state index in [1.165, 1.54) is 9.36 Å². The summed E-state index contributed by atoms with van der Waals surface area (Å²) < 4.78 is 2.84. The number of aromatic nitrogens is 5. The molecule has 0 spiro atoms. The van der Waals surface area contributed by atoms with Gasteiger partial charge in [0.05, 0.1) is 5.54 Å². The Morgan fingerprint density at radius 1 is 1.17 bits per heavy atom. The lowest BCUT2D eigenvalue weighted by Crippen LogP contribution is -2.40. The maximum absolute atomic E-state index is 12.8. The smallest absolute Gasteiger partial charge is 0.328 e. The van der Waals surface area contributed by atoms with Gasteiger partial charge in [0.2, 0.25) is 0 Å². The van der Waals surface area contributed by atoms with Gasteiger partial charge in [0.25, 0.3) is 5.56 Å². The second-order valence-electron chi connectivity index (χ2n) is 7.04. The molecule has 0 saturated carbocycles. The highest BCUT2D eigenvalue weighted by molar-refractivity contribution is 5.68. The molecule has 2 aromatic rings. The summed E-state index contributed by atoms with van der Waals surface area (Å²) >= 11 is 0. The average Bonchev–Trinajstić information content (AvgIpc) is 3.01. The van der Waals surface area contributed by atoms with Crippen molar-refractivity contribution in [2.45, 2.75) is 66.1 Å². The molecule has 0 aliphatic rings. The van der Waals surface area contributed by atoms with Gasteiger partial charge in [-0.1, -0.05) is 27.2 Å². The lowest BCUT2D eigenvalue weighted by atomic mass is 10.1. The van der Waals surface area contributed by atoms with E-state index in [0.717, 1.165) is 6.42 Å². The van der Waals surface area contributed by atoms with Crippen LogP contribution in [-0.2, 0) is 18.6 Å². The van der Waals surface area contributed by atoms with Crippen LogP contribution in [0.25, 0.3) is 11.2 Å². The minimum Gasteiger partial charge on any atom is -0.328 e. The van der Waals surface area contributed by atoms with E-state index in [1.807, 2.05) is 20.8 Å². The average molecular weight is 336 g/mol. The number of fused-ring (bicyclic) bond motifs is 1. The zero-order valence-electron chi connectivity index (χ0n) is 15.2. The third-order valence-corrected chi connectivity index (χ3v) is 4.44. The molecule has 0 saturated heterocycles. The lowest BCUT2D eigenvalue weighted by molar-refractivity contribution is 0.293. The molecule has 2 heterocycles. The lowest BCUT2D eigenvalue weighted by Gasteiger charge is -2.20. The zero-order valence-corrected chi connectivity index (χ0v) is 15.2. The Morgan fingerprint density at radius 3 is 2.38 bits per heavy atom. The molecule has 2 aromatic heterocycles. The summed E-state index contributed by atoms with van der Waals surface area (Å²) in [7, 11) is 0. The molecule has 0 radical (unpaired) electrons. The molecule has 0 aliphatic heterocycles. The van der Waals surface area contributed by atoms with E-state index in [2.05, 4.69) is 24.0 Å². The second-order valence-corrected chi connectivity index (χ2v) is 7.04. The van der Waals surface area contributed by atoms with Crippen LogP contribution in [0.15, 0.2) is 9.59 Å². The minimum atomic E-state index is -0.529. The summed E-state index contributed by atoms with van der Waals surface area (Å²) in [4.78, 5) is 26.9. The van der Waals surface area contributed by atoms with Gasteiger partial charge < -0.3 is 5.73 Å². The predicted octanol–water partition coefficient (Wildman–Crippen LogP) is 0.905. The Kier molecular flexibility index (Phi) is 5.27. The monoisotopic (exact) mass is 336 g/mol. The van der Waals surface area contributed by atoms with Crippen LogP contribution in [0.5, 0.6) is 0 Å². The largest absolute Gasteiger partial charge is 0.332 e. The van der Waals surface area contributed by atoms with Gasteiger partial charge in [-0.25, -0.2) is 4.79 Å². The van der Waals surface area contributed by atoms with Crippen LogP contribution in [-0.4, -0.2) is 30.7 Å². The van der Waals surface area contributed by atoms with Crippen LogP contribution in [0.2, 0.25) is 0 Å². The SMILES string of the molecule is CCCn1c(=O)c2nn(C(C)(C)CN)nc2n(CC(C)CC)c1=O. The van der Waals surface area contributed by atoms with Crippen molar-refractivity contribution >= 4 is 11.2 Å². The number of nitrogens with two attached hydrogens (primary N) is 1. The Hall–Kier alpha value is -1.96. The van der Waals surface area contributed by atoms with Crippen molar-refractivity contribution in [3.05, 3.63) is 20.8 Å². The highest BCUT2D eigenvalue weighted by Crippen LogP contribution is 2.14. The van der Waals surface area contributed by atoms with E-state index >= 15 is 0 Å². The number of hydrogen-bond donors (Lipinski definition) is 1. The van der Waals surface area contributed by atoms with Crippen LogP contribution < -0.4 is 17.0 Å². The molecular weight excluding hydrogens is 308 g/mol. The predicted molar refractivity (Wildman–Crippen MR) is 94.2 cm³/mol. The fourth-order valence-electron chi connectivity index (χ4n) is 2.45. The van der Waals surface area contributed by atoms with Crippen molar-refractivity contribution in [1.82, 2.24) is 24.1 Å². The molecule has 134 valence electrons. The van der Waals surface area contributed by atoms with Crippen molar-refractivity contribution in [1.29, 1.82) is 0 Å². The summed E-state index contributed by atoms with van der Waals surface area (Å²) in [5.74, 6) is 0.297. The fourth-order valence-corrected chi connectivity index (χ4v) is 2.45. The molecule has 0 bridgehead atoms. The Morgan fingerprint density at radius 2 is 1.83 bits per heavy atom. The van der Waals surface area contributed by atoms with Gasteiger partial charge in [-0.05, 0) is 26.2 Å². The van der Waals surface area contributed by atoms with Gasteiger partial charge in [-0.15, -0.1) is 10.2 Å². The maximum Gasteiger partial charge on any atom is 0.332 e. The Bertz CT molecular complexity index is 829. The van der Waals surface area contributed by atoms with Crippen molar-refractivity contribution in [3.8, 4) is 0 Å². The molecule has 1 atom stereocenters. The van der Waals surface area contributed by atoms with Crippen molar-refractivity contribution < 1.29 is 0 Å². The van der Waals surface area contributed by atoms with Crippen molar-refractivity contribution in [2.24, 2.45) is 11.7 Å². The van der Waals surface area contributed by atoms with E-state index in [9.17, 15) is 9.59 Å². The topological polar surface area (TPSA) is 101 Å². The van der Waals surface area contributed by atoms with E-state index in [0.29, 0.717) is 37.6 Å². The first kappa shape index (κ1) is 18.4. The van der Waals surface area contributed by atoms with Gasteiger partial charge in [0.1, 0.15) is 0 Å². The van der Waals surface area contributed by atoms with Gasteiger partial charge >= 0.3 is 5.69 Å². The number of nitrogens with zero attached hydrogens (tertiary/aromatic N) is 5. The maximum atomic E-state index is 12.8. The van der Waals surface area contributed by atoms with E-state index in [-0.39, 0.29) is 16.8 Å². The molecule has 0 aromatic carbocycles. The normalized spacial score (nSPS) is 13.6. The summed E-state index contributed by atoms with van der Waals surface area (Å²) in [6, 6.07) is 0. The van der Waals surface area contributed by atoms with Crippen LogP contribution >= 0.6 is 0 Å². The highest BCUT2D eigenvalue weighted by atomic mass is 16.2. The molecule has 0 fully saturated rings. The van der Waals surface area contributed by atoms with Crippen molar-refractivity contribution in [2.75, 3.05) is 6.54 Å². The molecule has 0 amide bonds. The summed E-state index contributed by atoms with van der Waals surface area (Å²) in [5, 5.41) is 8.81. The van der Waals surface area contributed by atoms with Crippen LogP contribution in [0, 0.1) is 5.92 Å². The molecule has 2 N–H and O–H groups in total. The fraction of sp³-hybridized carbons (Fsp3) is 0.750. The van der Waals surface area contributed by atoms with E-state index < -0.39 is 5.54 Å². The quantitative estimate of drug-likeness (QED) is 0.810. The Labute approximate surface area is 141 Å². The summed E-state index contributed by atoms with van der Waals surface area (Å²) in [6.07, 6.45) is 1.63. The van der Waals surface area contributed by atoms with Crippen LogP contribution in [0.1, 0.15) is 47.5 Å². The summed E-state index contributed by atoms with van der Waals surface area (Å²) in [6.45, 7) is 11.1. The van der Waals surface area contributed by atoms with Crippen LogP contribution in [0.3, 0.4) is 0 Å². The summed E-state index contributed by atoms with van der Waals surface area (Å²) in [5.41, 5.74) is 5.15. The van der Waals surface area contributed by atoms with Gasteiger partial charge in [-0.3, -0.25) is 13.9 Å². The first-order valence-electron chi connectivity index (χ1n) is 8.58. The second kappa shape index (κ2) is 6.88. The standard InChI is InChI=1S/C16H28N6O2/c1-6-8-20-14(23)12-13(19-22(18-12)16(4,5)10-17)21(15(20)24)9-11(3)7-2/h11H,6-10,17H2,1-5H3.